The van der Waals surface area contributed by atoms with E-state index in [4.69, 9.17) is 9.47 Å². The predicted molar refractivity (Wildman–Crippen MR) is 96.0 cm³/mol. The Labute approximate surface area is 143 Å². The largest absolute Gasteiger partial charge is 0.497 e. The first-order valence-electron chi connectivity index (χ1n) is 7.87. The molecule has 128 valence electrons. The fraction of sp³-hybridized carbons (Fsp3) is 0.316. The van der Waals surface area contributed by atoms with Gasteiger partial charge in [-0.25, -0.2) is 4.79 Å². The summed E-state index contributed by atoms with van der Waals surface area (Å²) in [5.41, 5.74) is 2.83. The number of amides is 2. The van der Waals surface area contributed by atoms with E-state index in [0.717, 1.165) is 23.3 Å². The monoisotopic (exact) mass is 328 g/mol. The van der Waals surface area contributed by atoms with Crippen LogP contribution >= 0.6 is 0 Å². The maximum absolute atomic E-state index is 12.2. The molecule has 5 nitrogen and oxygen atoms in total. The summed E-state index contributed by atoms with van der Waals surface area (Å²) in [6.07, 6.45) is 0.718. The van der Waals surface area contributed by atoms with Crippen molar-refractivity contribution in [2.24, 2.45) is 0 Å². The Balaban J connectivity index is 1.94. The lowest BCUT2D eigenvalue weighted by atomic mass is 10.1. The van der Waals surface area contributed by atoms with Crippen molar-refractivity contribution in [3.63, 3.8) is 0 Å². The highest BCUT2D eigenvalue weighted by Gasteiger charge is 2.11. The number of anilines is 1. The Morgan fingerprint density at radius 3 is 2.62 bits per heavy atom. The zero-order chi connectivity index (χ0) is 17.5. The van der Waals surface area contributed by atoms with Crippen LogP contribution in [0, 0.1) is 6.92 Å². The minimum Gasteiger partial charge on any atom is -0.497 e. The number of nitrogens with one attached hydrogen (secondary N) is 2. The zero-order valence-electron chi connectivity index (χ0n) is 14.6. The van der Waals surface area contributed by atoms with E-state index in [-0.39, 0.29) is 12.1 Å². The van der Waals surface area contributed by atoms with Gasteiger partial charge in [-0.15, -0.1) is 0 Å². The molecule has 2 rings (SSSR count). The summed E-state index contributed by atoms with van der Waals surface area (Å²) in [6, 6.07) is 13.2. The molecule has 0 aromatic heterocycles. The Morgan fingerprint density at radius 1 is 1.12 bits per heavy atom. The molecule has 2 aromatic rings. The third kappa shape index (κ3) is 4.91. The molecule has 0 aliphatic rings. The van der Waals surface area contributed by atoms with Crippen LogP contribution in [-0.4, -0.2) is 26.3 Å². The fourth-order valence-electron chi connectivity index (χ4n) is 2.49. The predicted octanol–water partition coefficient (Wildman–Crippen LogP) is 3.76. The minimum atomic E-state index is -0.257. The van der Waals surface area contributed by atoms with Gasteiger partial charge in [-0.2, -0.15) is 0 Å². The SMILES string of the molecule is COc1cccc(CC(C)NC(=O)Nc2ccc(C)cc2OC)c1. The van der Waals surface area contributed by atoms with Gasteiger partial charge in [0.15, 0.2) is 0 Å². The first-order valence-corrected chi connectivity index (χ1v) is 7.87. The van der Waals surface area contributed by atoms with Gasteiger partial charge < -0.3 is 20.1 Å². The van der Waals surface area contributed by atoms with Gasteiger partial charge in [0.2, 0.25) is 0 Å². The molecule has 1 unspecified atom stereocenters. The van der Waals surface area contributed by atoms with Crippen molar-refractivity contribution < 1.29 is 14.3 Å². The maximum Gasteiger partial charge on any atom is 0.319 e. The molecule has 0 bridgehead atoms. The highest BCUT2D eigenvalue weighted by molar-refractivity contribution is 5.91. The number of methoxy groups -OCH3 is 2. The first kappa shape index (κ1) is 17.7. The summed E-state index contributed by atoms with van der Waals surface area (Å²) < 4.78 is 10.5. The fourth-order valence-corrected chi connectivity index (χ4v) is 2.49. The van der Waals surface area contributed by atoms with Crippen LogP contribution in [0.4, 0.5) is 10.5 Å². The van der Waals surface area contributed by atoms with Crippen LogP contribution in [0.3, 0.4) is 0 Å². The third-order valence-corrected chi connectivity index (χ3v) is 3.66. The summed E-state index contributed by atoms with van der Waals surface area (Å²) in [5, 5.41) is 5.76. The summed E-state index contributed by atoms with van der Waals surface area (Å²) in [7, 11) is 3.23. The van der Waals surface area contributed by atoms with E-state index in [0.29, 0.717) is 11.4 Å². The molecule has 0 aliphatic heterocycles. The van der Waals surface area contributed by atoms with Crippen molar-refractivity contribution in [1.29, 1.82) is 0 Å². The van der Waals surface area contributed by atoms with Crippen LogP contribution in [-0.2, 0) is 6.42 Å². The lowest BCUT2D eigenvalue weighted by molar-refractivity contribution is 0.249. The topological polar surface area (TPSA) is 59.6 Å². The molecule has 0 saturated heterocycles. The van der Waals surface area contributed by atoms with Crippen molar-refractivity contribution in [2.45, 2.75) is 26.3 Å². The summed E-state index contributed by atoms with van der Waals surface area (Å²) in [5.74, 6) is 1.46. The van der Waals surface area contributed by atoms with E-state index in [1.807, 2.05) is 56.3 Å². The Hall–Kier alpha value is -2.69. The second kappa shape index (κ2) is 8.24. The van der Waals surface area contributed by atoms with Crippen LogP contribution in [0.15, 0.2) is 42.5 Å². The second-order valence-corrected chi connectivity index (χ2v) is 5.76. The zero-order valence-corrected chi connectivity index (χ0v) is 14.6. The average Bonchev–Trinajstić information content (AvgIpc) is 2.56. The van der Waals surface area contributed by atoms with Crippen LogP contribution in [0.25, 0.3) is 0 Å². The lowest BCUT2D eigenvalue weighted by Crippen LogP contribution is -2.37. The summed E-state index contributed by atoms with van der Waals surface area (Å²) >= 11 is 0. The quantitative estimate of drug-likeness (QED) is 0.849. The molecule has 0 saturated carbocycles. The Kier molecular flexibility index (Phi) is 6.07. The highest BCUT2D eigenvalue weighted by atomic mass is 16.5. The molecule has 2 aromatic carbocycles. The molecule has 2 amide bonds. The average molecular weight is 328 g/mol. The number of ether oxygens (including phenoxy) is 2. The standard InChI is InChI=1S/C19H24N2O3/c1-13-8-9-17(18(10-13)24-4)21-19(22)20-14(2)11-15-6-5-7-16(12-15)23-3/h5-10,12,14H,11H2,1-4H3,(H2,20,21,22). The van der Waals surface area contributed by atoms with Gasteiger partial charge in [-0.05, 0) is 55.7 Å². The van der Waals surface area contributed by atoms with Gasteiger partial charge in [0, 0.05) is 6.04 Å². The number of hydrogen-bond acceptors (Lipinski definition) is 3. The molecule has 0 aliphatic carbocycles. The molecule has 5 heteroatoms. The number of carbonyl (C=O) groups is 1. The number of carbonyl (C=O) groups excluding carboxylic acids is 1. The van der Waals surface area contributed by atoms with Crippen LogP contribution in [0.2, 0.25) is 0 Å². The molecular formula is C19H24N2O3. The van der Waals surface area contributed by atoms with Gasteiger partial charge >= 0.3 is 6.03 Å². The number of aryl methyl sites for hydroxylation is 1. The number of rotatable bonds is 6. The van der Waals surface area contributed by atoms with E-state index in [9.17, 15) is 4.79 Å². The molecule has 0 spiro atoms. The molecule has 24 heavy (non-hydrogen) atoms. The van der Waals surface area contributed by atoms with Gasteiger partial charge in [-0.3, -0.25) is 0 Å². The van der Waals surface area contributed by atoms with Crippen LogP contribution in [0.5, 0.6) is 11.5 Å². The van der Waals surface area contributed by atoms with Crippen molar-refractivity contribution in [2.75, 3.05) is 19.5 Å². The van der Waals surface area contributed by atoms with Crippen LogP contribution < -0.4 is 20.1 Å². The number of urea groups is 1. The second-order valence-electron chi connectivity index (χ2n) is 5.76. The maximum atomic E-state index is 12.2. The van der Waals surface area contributed by atoms with Crippen molar-refractivity contribution in [1.82, 2.24) is 5.32 Å². The lowest BCUT2D eigenvalue weighted by Gasteiger charge is -2.16. The number of benzene rings is 2. The van der Waals surface area contributed by atoms with E-state index in [2.05, 4.69) is 10.6 Å². The molecular weight excluding hydrogens is 304 g/mol. The molecule has 0 fully saturated rings. The third-order valence-electron chi connectivity index (χ3n) is 3.66. The van der Waals surface area contributed by atoms with Gasteiger partial charge in [0.05, 0.1) is 19.9 Å². The highest BCUT2D eigenvalue weighted by Crippen LogP contribution is 2.25. The first-order chi connectivity index (χ1) is 11.5. The van der Waals surface area contributed by atoms with Crippen LogP contribution in [0.1, 0.15) is 18.1 Å². The van der Waals surface area contributed by atoms with Gasteiger partial charge in [0.25, 0.3) is 0 Å². The van der Waals surface area contributed by atoms with E-state index >= 15 is 0 Å². The Morgan fingerprint density at radius 2 is 1.92 bits per heavy atom. The van der Waals surface area contributed by atoms with E-state index < -0.39 is 0 Å². The van der Waals surface area contributed by atoms with Gasteiger partial charge in [0.1, 0.15) is 11.5 Å². The normalized spacial score (nSPS) is 11.5. The number of hydrogen-bond donors (Lipinski definition) is 2. The van der Waals surface area contributed by atoms with Crippen molar-refractivity contribution in [3.8, 4) is 11.5 Å². The molecule has 2 N–H and O–H groups in total. The van der Waals surface area contributed by atoms with E-state index in [1.165, 1.54) is 0 Å². The summed E-state index contributed by atoms with van der Waals surface area (Å²) in [6.45, 7) is 3.94. The van der Waals surface area contributed by atoms with E-state index in [1.54, 1.807) is 14.2 Å². The van der Waals surface area contributed by atoms with Gasteiger partial charge in [-0.1, -0.05) is 18.2 Å². The molecule has 0 heterocycles. The Bertz CT molecular complexity index is 701. The minimum absolute atomic E-state index is 0.0199. The summed E-state index contributed by atoms with van der Waals surface area (Å²) in [4.78, 5) is 12.2. The molecule has 0 radical (unpaired) electrons. The van der Waals surface area contributed by atoms with Crippen molar-refractivity contribution >= 4 is 11.7 Å². The smallest absolute Gasteiger partial charge is 0.319 e. The van der Waals surface area contributed by atoms with Crippen molar-refractivity contribution in [3.05, 3.63) is 53.6 Å². The molecule has 1 atom stereocenters.